The first-order valence-electron chi connectivity index (χ1n) is 5.33. The molecule has 5 nitrogen and oxygen atoms in total. The summed E-state index contributed by atoms with van der Waals surface area (Å²) in [6.45, 7) is 2.62. The van der Waals surface area contributed by atoms with E-state index in [0.29, 0.717) is 19.4 Å². The van der Waals surface area contributed by atoms with Gasteiger partial charge in [-0.1, -0.05) is 18.1 Å². The van der Waals surface area contributed by atoms with E-state index in [2.05, 4.69) is 10.3 Å². The molecule has 0 amide bonds. The minimum Gasteiger partial charge on any atom is -0.481 e. The van der Waals surface area contributed by atoms with Crippen LogP contribution in [0.4, 0.5) is 0 Å². The molecular formula is C10H15N3O2. The SMILES string of the molecule is CCn1nncc1C1(C(=O)O)CCCC1. The minimum atomic E-state index is -0.739. The zero-order valence-electron chi connectivity index (χ0n) is 8.81. The Balaban J connectivity index is 2.45. The summed E-state index contributed by atoms with van der Waals surface area (Å²) < 4.78 is 1.69. The molecule has 1 fully saturated rings. The Morgan fingerprint density at radius 3 is 2.80 bits per heavy atom. The minimum absolute atomic E-state index is 0.671. The van der Waals surface area contributed by atoms with Gasteiger partial charge in [0.15, 0.2) is 0 Å². The molecule has 1 saturated carbocycles. The van der Waals surface area contributed by atoms with Crippen molar-refractivity contribution in [2.24, 2.45) is 0 Å². The van der Waals surface area contributed by atoms with Gasteiger partial charge in [-0.15, -0.1) is 5.10 Å². The molecule has 1 aliphatic carbocycles. The number of aromatic nitrogens is 3. The lowest BCUT2D eigenvalue weighted by atomic mass is 9.83. The Morgan fingerprint density at radius 1 is 1.60 bits per heavy atom. The Bertz CT molecular complexity index is 366. The summed E-state index contributed by atoms with van der Waals surface area (Å²) in [4.78, 5) is 11.4. The molecule has 5 heteroatoms. The number of hydrogen-bond donors (Lipinski definition) is 1. The van der Waals surface area contributed by atoms with Crippen molar-refractivity contribution in [3.8, 4) is 0 Å². The van der Waals surface area contributed by atoms with Crippen LogP contribution in [0.25, 0.3) is 0 Å². The van der Waals surface area contributed by atoms with Gasteiger partial charge in [-0.05, 0) is 19.8 Å². The van der Waals surface area contributed by atoms with Gasteiger partial charge >= 0.3 is 5.97 Å². The number of aryl methyl sites for hydroxylation is 1. The normalized spacial score (nSPS) is 19.3. The monoisotopic (exact) mass is 209 g/mol. The summed E-state index contributed by atoms with van der Waals surface area (Å²) in [5.41, 5.74) is 0.0227. The van der Waals surface area contributed by atoms with Crippen molar-refractivity contribution in [3.05, 3.63) is 11.9 Å². The van der Waals surface area contributed by atoms with Crippen molar-refractivity contribution in [3.63, 3.8) is 0 Å². The van der Waals surface area contributed by atoms with Crippen LogP contribution in [0.3, 0.4) is 0 Å². The summed E-state index contributed by atoms with van der Waals surface area (Å²) in [5, 5.41) is 17.1. The second kappa shape index (κ2) is 3.64. The number of aliphatic carboxylic acids is 1. The van der Waals surface area contributed by atoms with E-state index in [9.17, 15) is 9.90 Å². The van der Waals surface area contributed by atoms with E-state index in [0.717, 1.165) is 18.5 Å². The number of nitrogens with zero attached hydrogens (tertiary/aromatic N) is 3. The van der Waals surface area contributed by atoms with Crippen LogP contribution in [0.1, 0.15) is 38.3 Å². The standard InChI is InChI=1S/C10H15N3O2/c1-2-13-8(7-11-12-13)10(9(14)15)5-3-4-6-10/h7H,2-6H2,1H3,(H,14,15). The van der Waals surface area contributed by atoms with Crippen LogP contribution in [-0.4, -0.2) is 26.1 Å². The first-order chi connectivity index (χ1) is 7.20. The zero-order chi connectivity index (χ0) is 10.9. The summed E-state index contributed by atoms with van der Waals surface area (Å²) in [6.07, 6.45) is 4.96. The average Bonchev–Trinajstić information content (AvgIpc) is 2.86. The number of carboxylic acids is 1. The van der Waals surface area contributed by atoms with E-state index >= 15 is 0 Å². The highest BCUT2D eigenvalue weighted by Crippen LogP contribution is 2.40. The van der Waals surface area contributed by atoms with Crippen molar-refractivity contribution in [2.45, 2.75) is 44.6 Å². The van der Waals surface area contributed by atoms with E-state index in [1.165, 1.54) is 0 Å². The van der Waals surface area contributed by atoms with Crippen molar-refractivity contribution in [2.75, 3.05) is 0 Å². The molecule has 2 rings (SSSR count). The van der Waals surface area contributed by atoms with E-state index in [-0.39, 0.29) is 0 Å². The smallest absolute Gasteiger partial charge is 0.315 e. The first-order valence-corrected chi connectivity index (χ1v) is 5.33. The molecule has 0 atom stereocenters. The molecule has 1 aromatic rings. The molecule has 15 heavy (non-hydrogen) atoms. The van der Waals surface area contributed by atoms with Crippen molar-refractivity contribution in [1.29, 1.82) is 0 Å². The molecule has 0 saturated heterocycles. The quantitative estimate of drug-likeness (QED) is 0.812. The number of rotatable bonds is 3. The van der Waals surface area contributed by atoms with Gasteiger partial charge in [-0.25, -0.2) is 4.68 Å². The van der Waals surface area contributed by atoms with Crippen LogP contribution in [-0.2, 0) is 16.8 Å². The maximum Gasteiger partial charge on any atom is 0.315 e. The lowest BCUT2D eigenvalue weighted by molar-refractivity contribution is -0.144. The number of carboxylic acid groups (broad SMARTS) is 1. The number of hydrogen-bond acceptors (Lipinski definition) is 3. The van der Waals surface area contributed by atoms with Crippen LogP contribution < -0.4 is 0 Å². The van der Waals surface area contributed by atoms with E-state index in [1.807, 2.05) is 6.92 Å². The third-order valence-corrected chi connectivity index (χ3v) is 3.27. The summed E-state index contributed by atoms with van der Waals surface area (Å²) in [7, 11) is 0. The van der Waals surface area contributed by atoms with E-state index < -0.39 is 11.4 Å². The highest BCUT2D eigenvalue weighted by atomic mass is 16.4. The second-order valence-electron chi connectivity index (χ2n) is 4.03. The van der Waals surface area contributed by atoms with Crippen molar-refractivity contribution in [1.82, 2.24) is 15.0 Å². The van der Waals surface area contributed by atoms with Crippen LogP contribution in [0.2, 0.25) is 0 Å². The molecule has 1 aromatic heterocycles. The summed E-state index contributed by atoms with van der Waals surface area (Å²) in [5.74, 6) is -0.739. The topological polar surface area (TPSA) is 68.0 Å². The Labute approximate surface area is 88.1 Å². The number of carbonyl (C=O) groups is 1. The molecule has 82 valence electrons. The van der Waals surface area contributed by atoms with E-state index in [4.69, 9.17) is 0 Å². The van der Waals surface area contributed by atoms with Gasteiger partial charge in [0.05, 0.1) is 11.9 Å². The maximum atomic E-state index is 11.4. The second-order valence-corrected chi connectivity index (χ2v) is 4.03. The lowest BCUT2D eigenvalue weighted by Crippen LogP contribution is -2.35. The first kappa shape index (κ1) is 10.1. The van der Waals surface area contributed by atoms with Gasteiger partial charge in [0.25, 0.3) is 0 Å². The molecule has 0 unspecified atom stereocenters. The van der Waals surface area contributed by atoms with Crippen molar-refractivity contribution < 1.29 is 9.90 Å². The Kier molecular flexibility index (Phi) is 2.46. The predicted molar refractivity (Wildman–Crippen MR) is 53.5 cm³/mol. The highest BCUT2D eigenvalue weighted by molar-refractivity contribution is 5.81. The molecule has 0 bridgehead atoms. The molecule has 0 spiro atoms. The van der Waals surface area contributed by atoms with Gasteiger partial charge in [-0.3, -0.25) is 4.79 Å². The average molecular weight is 209 g/mol. The zero-order valence-corrected chi connectivity index (χ0v) is 8.81. The van der Waals surface area contributed by atoms with Gasteiger partial charge in [-0.2, -0.15) is 0 Å². The molecule has 0 aliphatic heterocycles. The third-order valence-electron chi connectivity index (χ3n) is 3.27. The third kappa shape index (κ3) is 1.42. The summed E-state index contributed by atoms with van der Waals surface area (Å²) in [6, 6.07) is 0. The molecular weight excluding hydrogens is 194 g/mol. The molecule has 1 aliphatic rings. The largest absolute Gasteiger partial charge is 0.481 e. The fraction of sp³-hybridized carbons (Fsp3) is 0.700. The van der Waals surface area contributed by atoms with Crippen LogP contribution >= 0.6 is 0 Å². The fourth-order valence-electron chi connectivity index (χ4n) is 2.42. The molecule has 1 heterocycles. The Hall–Kier alpha value is -1.39. The van der Waals surface area contributed by atoms with Crippen LogP contribution in [0.5, 0.6) is 0 Å². The molecule has 0 radical (unpaired) electrons. The van der Waals surface area contributed by atoms with Gasteiger partial charge < -0.3 is 5.11 Å². The summed E-state index contributed by atoms with van der Waals surface area (Å²) >= 11 is 0. The Morgan fingerprint density at radius 2 is 2.27 bits per heavy atom. The maximum absolute atomic E-state index is 11.4. The van der Waals surface area contributed by atoms with Gasteiger partial charge in [0, 0.05) is 6.54 Å². The lowest BCUT2D eigenvalue weighted by Gasteiger charge is -2.23. The molecule has 0 aromatic carbocycles. The predicted octanol–water partition coefficient (Wildman–Crippen LogP) is 1.19. The molecule has 1 N–H and O–H groups in total. The fourth-order valence-corrected chi connectivity index (χ4v) is 2.42. The van der Waals surface area contributed by atoms with Crippen molar-refractivity contribution >= 4 is 5.97 Å². The van der Waals surface area contributed by atoms with Crippen LogP contribution in [0.15, 0.2) is 6.20 Å². The van der Waals surface area contributed by atoms with Gasteiger partial charge in [0.2, 0.25) is 0 Å². The van der Waals surface area contributed by atoms with E-state index in [1.54, 1.807) is 10.9 Å². The highest BCUT2D eigenvalue weighted by Gasteiger charge is 2.45. The van der Waals surface area contributed by atoms with Gasteiger partial charge in [0.1, 0.15) is 5.41 Å². The van der Waals surface area contributed by atoms with Crippen LogP contribution in [0, 0.1) is 0 Å².